The lowest BCUT2D eigenvalue weighted by atomic mass is 9.97. The average Bonchev–Trinajstić information content (AvgIpc) is 3.00. The minimum atomic E-state index is 0.431. The van der Waals surface area contributed by atoms with Gasteiger partial charge in [-0.05, 0) is 54.2 Å². The van der Waals surface area contributed by atoms with E-state index in [2.05, 4.69) is 93.1 Å². The summed E-state index contributed by atoms with van der Waals surface area (Å²) in [5.41, 5.74) is 10.1. The number of aromatic nitrogens is 3. The Labute approximate surface area is 171 Å². The van der Waals surface area contributed by atoms with E-state index in [1.54, 1.807) is 0 Å². The fraction of sp³-hybridized carbons (Fsp3) is 0.308. The van der Waals surface area contributed by atoms with Crippen LogP contribution in [0.5, 0.6) is 0 Å². The van der Waals surface area contributed by atoms with Gasteiger partial charge in [0.15, 0.2) is 11.0 Å². The van der Waals surface area contributed by atoms with Crippen LogP contribution in [0.15, 0.2) is 48.7 Å². The third-order valence-electron chi connectivity index (χ3n) is 6.35. The van der Waals surface area contributed by atoms with Crippen LogP contribution in [0.1, 0.15) is 56.2 Å². The standard InChI is InChI=1S/C26H28N3/c1-15(2)18-10-11-21-22(14-18)29-25-19(16(3)4)8-7-9-20(25)24-23(26(29)28(21)6)17(5)12-13-27-24/h7-16H,1-6H3/q+1. The van der Waals surface area contributed by atoms with Gasteiger partial charge in [0.25, 0.3) is 5.65 Å². The number of benzene rings is 2. The van der Waals surface area contributed by atoms with E-state index in [-0.39, 0.29) is 0 Å². The molecule has 0 fully saturated rings. The van der Waals surface area contributed by atoms with Crippen LogP contribution in [0.25, 0.3) is 38.5 Å². The van der Waals surface area contributed by atoms with Gasteiger partial charge in [0.1, 0.15) is 5.52 Å². The maximum Gasteiger partial charge on any atom is 0.297 e. The van der Waals surface area contributed by atoms with Gasteiger partial charge in [-0.2, -0.15) is 4.40 Å². The molecule has 5 rings (SSSR count). The Morgan fingerprint density at radius 3 is 2.48 bits per heavy atom. The van der Waals surface area contributed by atoms with Crippen LogP contribution in [0.3, 0.4) is 0 Å². The number of fused-ring (bicyclic) bond motifs is 8. The molecular formula is C26H28N3+. The molecule has 0 aliphatic carbocycles. The van der Waals surface area contributed by atoms with Crippen molar-refractivity contribution in [2.75, 3.05) is 0 Å². The molecular weight excluding hydrogens is 354 g/mol. The summed E-state index contributed by atoms with van der Waals surface area (Å²) in [5.74, 6) is 0.926. The smallest absolute Gasteiger partial charge is 0.255 e. The number of aryl methyl sites for hydroxylation is 2. The van der Waals surface area contributed by atoms with Gasteiger partial charge in [-0.15, -0.1) is 0 Å². The Kier molecular flexibility index (Phi) is 3.92. The lowest BCUT2D eigenvalue weighted by Gasteiger charge is -2.12. The number of hydrogen-bond acceptors (Lipinski definition) is 1. The summed E-state index contributed by atoms with van der Waals surface area (Å²) in [7, 11) is 2.18. The van der Waals surface area contributed by atoms with Gasteiger partial charge in [-0.25, -0.2) is 4.57 Å². The Bertz CT molecular complexity index is 1420. The Morgan fingerprint density at radius 2 is 1.76 bits per heavy atom. The van der Waals surface area contributed by atoms with E-state index in [4.69, 9.17) is 4.98 Å². The lowest BCUT2D eigenvalue weighted by molar-refractivity contribution is -0.617. The zero-order valence-corrected chi connectivity index (χ0v) is 18.1. The molecule has 0 spiro atoms. The molecule has 3 heteroatoms. The summed E-state index contributed by atoms with van der Waals surface area (Å²) in [6.07, 6.45) is 1.94. The monoisotopic (exact) mass is 382 g/mol. The van der Waals surface area contributed by atoms with Crippen LogP contribution in [0, 0.1) is 6.92 Å². The van der Waals surface area contributed by atoms with Crippen LogP contribution in [-0.4, -0.2) is 9.38 Å². The quantitative estimate of drug-likeness (QED) is 0.264. The summed E-state index contributed by atoms with van der Waals surface area (Å²) in [6, 6.07) is 15.7. The van der Waals surface area contributed by atoms with Gasteiger partial charge in [0.05, 0.1) is 18.0 Å². The number of para-hydroxylation sites is 1. The minimum Gasteiger partial charge on any atom is -0.255 e. The third kappa shape index (κ3) is 2.43. The molecule has 3 aromatic heterocycles. The Morgan fingerprint density at radius 1 is 0.966 bits per heavy atom. The lowest BCUT2D eigenvalue weighted by Crippen LogP contribution is -2.27. The topological polar surface area (TPSA) is 21.2 Å². The highest BCUT2D eigenvalue weighted by Gasteiger charge is 2.27. The summed E-state index contributed by atoms with van der Waals surface area (Å²) >= 11 is 0. The first-order valence-electron chi connectivity index (χ1n) is 10.5. The van der Waals surface area contributed by atoms with E-state index in [9.17, 15) is 0 Å². The van der Waals surface area contributed by atoms with Crippen LogP contribution in [0.2, 0.25) is 0 Å². The van der Waals surface area contributed by atoms with Crippen molar-refractivity contribution in [2.24, 2.45) is 7.05 Å². The van der Waals surface area contributed by atoms with Crippen LogP contribution in [0.4, 0.5) is 0 Å². The number of pyridine rings is 2. The molecule has 0 saturated carbocycles. The molecule has 0 bridgehead atoms. The first-order valence-corrected chi connectivity index (χ1v) is 10.5. The van der Waals surface area contributed by atoms with Crippen molar-refractivity contribution in [1.29, 1.82) is 0 Å². The van der Waals surface area contributed by atoms with Gasteiger partial charge >= 0.3 is 0 Å². The zero-order valence-electron chi connectivity index (χ0n) is 18.1. The Hall–Kier alpha value is -2.94. The van der Waals surface area contributed by atoms with Crippen LogP contribution in [-0.2, 0) is 7.05 Å². The normalized spacial score (nSPS) is 12.4. The van der Waals surface area contributed by atoms with E-state index in [1.807, 2.05) is 6.20 Å². The second-order valence-electron chi connectivity index (χ2n) is 8.87. The zero-order chi connectivity index (χ0) is 20.4. The second-order valence-corrected chi connectivity index (χ2v) is 8.87. The second kappa shape index (κ2) is 6.28. The first kappa shape index (κ1) is 18.1. The average molecular weight is 383 g/mol. The minimum absolute atomic E-state index is 0.431. The van der Waals surface area contributed by atoms with Gasteiger partial charge in [-0.3, -0.25) is 4.98 Å². The molecule has 5 aromatic rings. The molecule has 146 valence electrons. The highest BCUT2D eigenvalue weighted by atomic mass is 15.1. The number of hydrogen-bond donors (Lipinski definition) is 0. The maximum absolute atomic E-state index is 4.85. The molecule has 3 nitrogen and oxygen atoms in total. The van der Waals surface area contributed by atoms with Gasteiger partial charge in [0.2, 0.25) is 0 Å². The molecule has 0 unspecified atom stereocenters. The molecule has 0 amide bonds. The van der Waals surface area contributed by atoms with Gasteiger partial charge in [0, 0.05) is 17.1 Å². The van der Waals surface area contributed by atoms with Crippen molar-refractivity contribution >= 4 is 38.5 Å². The maximum atomic E-state index is 4.85. The summed E-state index contributed by atoms with van der Waals surface area (Å²) in [5, 5.41) is 2.47. The molecule has 2 aromatic carbocycles. The van der Waals surface area contributed by atoms with E-state index in [1.165, 1.54) is 49.7 Å². The fourth-order valence-corrected chi connectivity index (χ4v) is 4.76. The highest BCUT2D eigenvalue weighted by molar-refractivity contribution is 6.12. The van der Waals surface area contributed by atoms with Crippen molar-refractivity contribution in [1.82, 2.24) is 9.38 Å². The molecule has 0 radical (unpaired) electrons. The molecule has 0 aliphatic heterocycles. The molecule has 3 heterocycles. The summed E-state index contributed by atoms with van der Waals surface area (Å²) in [4.78, 5) is 4.85. The van der Waals surface area contributed by atoms with E-state index in [0.29, 0.717) is 11.8 Å². The van der Waals surface area contributed by atoms with Gasteiger partial charge < -0.3 is 0 Å². The van der Waals surface area contributed by atoms with Crippen molar-refractivity contribution in [2.45, 2.75) is 46.5 Å². The highest BCUT2D eigenvalue weighted by Crippen LogP contribution is 2.36. The molecule has 0 saturated heterocycles. The van der Waals surface area contributed by atoms with Crippen LogP contribution >= 0.6 is 0 Å². The third-order valence-corrected chi connectivity index (χ3v) is 6.35. The largest absolute Gasteiger partial charge is 0.297 e. The van der Waals surface area contributed by atoms with Crippen molar-refractivity contribution in [3.05, 3.63) is 65.4 Å². The SMILES string of the molecule is Cc1ccnc2c3cccc(C(C)C)c3n3c4cc(C(C)C)ccc4[n+](C)c3c12. The molecule has 0 aliphatic rings. The van der Waals surface area contributed by atoms with Crippen molar-refractivity contribution < 1.29 is 4.57 Å². The van der Waals surface area contributed by atoms with Crippen molar-refractivity contribution in [3.63, 3.8) is 0 Å². The van der Waals surface area contributed by atoms with Gasteiger partial charge in [-0.1, -0.05) is 45.9 Å². The number of imidazole rings is 1. The number of nitrogens with zero attached hydrogens (tertiary/aromatic N) is 3. The predicted octanol–water partition coefficient (Wildman–Crippen LogP) is 6.17. The summed E-state index contributed by atoms with van der Waals surface area (Å²) in [6.45, 7) is 11.3. The summed E-state index contributed by atoms with van der Waals surface area (Å²) < 4.78 is 4.83. The van der Waals surface area contributed by atoms with E-state index in [0.717, 1.165) is 5.52 Å². The van der Waals surface area contributed by atoms with Crippen molar-refractivity contribution in [3.8, 4) is 0 Å². The van der Waals surface area contributed by atoms with Crippen LogP contribution < -0.4 is 4.57 Å². The predicted molar refractivity (Wildman–Crippen MR) is 122 cm³/mol. The molecule has 29 heavy (non-hydrogen) atoms. The Balaban J connectivity index is 2.20. The molecule has 0 N–H and O–H groups in total. The number of rotatable bonds is 2. The van der Waals surface area contributed by atoms with E-state index < -0.39 is 0 Å². The fourth-order valence-electron chi connectivity index (χ4n) is 4.76. The van der Waals surface area contributed by atoms with E-state index >= 15 is 0 Å². The molecule has 0 atom stereocenters. The first-order chi connectivity index (χ1) is 13.9.